The number of benzene rings is 3. The third-order valence-electron chi connectivity index (χ3n) is 5.30. The van der Waals surface area contributed by atoms with Crippen molar-refractivity contribution in [2.75, 3.05) is 12.4 Å². The van der Waals surface area contributed by atoms with Crippen LogP contribution in [0.15, 0.2) is 82.7 Å². The highest BCUT2D eigenvalue weighted by atomic mass is 32.2. The number of ether oxygens (including phenoxy) is 1. The number of nitrogens with zero attached hydrogens (tertiary/aromatic N) is 2. The summed E-state index contributed by atoms with van der Waals surface area (Å²) in [5.74, 6) is 0.386. The van der Waals surface area contributed by atoms with E-state index in [1.54, 1.807) is 36.8 Å². The minimum Gasteiger partial charge on any atom is -0.495 e. The van der Waals surface area contributed by atoms with Gasteiger partial charge in [-0.15, -0.1) is 0 Å². The number of carbonyl (C=O) groups excluding carboxylic acids is 1. The summed E-state index contributed by atoms with van der Waals surface area (Å²) in [6.07, 6.45) is 0. The Morgan fingerprint density at radius 1 is 1.06 bits per heavy atom. The summed E-state index contributed by atoms with van der Waals surface area (Å²) in [6, 6.07) is 22.6. The molecule has 7 heteroatoms. The largest absolute Gasteiger partial charge is 0.495 e. The number of amides is 1. The molecule has 0 saturated heterocycles. The van der Waals surface area contributed by atoms with Crippen molar-refractivity contribution in [3.05, 3.63) is 94.3 Å². The molecule has 1 aromatic heterocycles. The Morgan fingerprint density at radius 3 is 2.52 bits per heavy atom. The van der Waals surface area contributed by atoms with Crippen molar-refractivity contribution in [2.24, 2.45) is 0 Å². The predicted octanol–water partition coefficient (Wildman–Crippen LogP) is 4.88. The molecule has 33 heavy (non-hydrogen) atoms. The summed E-state index contributed by atoms with van der Waals surface area (Å²) in [6.45, 7) is 4.20. The van der Waals surface area contributed by atoms with Crippen LogP contribution in [-0.4, -0.2) is 27.8 Å². The molecule has 1 heterocycles. The molecular formula is C26H25N3O3S. The number of anilines is 1. The lowest BCUT2D eigenvalue weighted by molar-refractivity contribution is -0.115. The molecule has 4 rings (SSSR count). The number of aromatic nitrogens is 2. The first-order valence-electron chi connectivity index (χ1n) is 10.6. The van der Waals surface area contributed by atoms with Crippen LogP contribution in [0.4, 0.5) is 5.69 Å². The van der Waals surface area contributed by atoms with Gasteiger partial charge in [0.15, 0.2) is 5.16 Å². The summed E-state index contributed by atoms with van der Waals surface area (Å²) < 4.78 is 6.97. The van der Waals surface area contributed by atoms with E-state index in [9.17, 15) is 9.59 Å². The molecule has 4 aromatic rings. The van der Waals surface area contributed by atoms with Crippen molar-refractivity contribution < 1.29 is 9.53 Å². The fraction of sp³-hybridized carbons (Fsp3) is 0.192. The van der Waals surface area contributed by atoms with Gasteiger partial charge in [-0.05, 0) is 43.7 Å². The van der Waals surface area contributed by atoms with Crippen LogP contribution in [-0.2, 0) is 11.3 Å². The van der Waals surface area contributed by atoms with Gasteiger partial charge in [-0.3, -0.25) is 14.2 Å². The average Bonchev–Trinajstić information content (AvgIpc) is 2.83. The number of carbonyl (C=O) groups is 1. The lowest BCUT2D eigenvalue weighted by Gasteiger charge is -2.17. The smallest absolute Gasteiger partial charge is 0.262 e. The van der Waals surface area contributed by atoms with E-state index in [4.69, 9.17) is 9.72 Å². The quantitative estimate of drug-likeness (QED) is 0.315. The number of hydrogen-bond acceptors (Lipinski definition) is 5. The Bertz CT molecular complexity index is 1350. The van der Waals surface area contributed by atoms with Gasteiger partial charge in [-0.1, -0.05) is 65.9 Å². The lowest BCUT2D eigenvalue weighted by Crippen LogP contribution is -2.27. The van der Waals surface area contributed by atoms with Crippen LogP contribution >= 0.6 is 11.8 Å². The van der Waals surface area contributed by atoms with Crippen LogP contribution in [0, 0.1) is 6.92 Å². The van der Waals surface area contributed by atoms with Crippen LogP contribution < -0.4 is 15.6 Å². The zero-order valence-electron chi connectivity index (χ0n) is 18.7. The van der Waals surface area contributed by atoms with E-state index in [0.717, 1.165) is 11.1 Å². The zero-order chi connectivity index (χ0) is 23.4. The molecule has 6 nitrogen and oxygen atoms in total. The van der Waals surface area contributed by atoms with Crippen LogP contribution in [0.5, 0.6) is 5.75 Å². The minimum atomic E-state index is -0.493. The molecule has 168 valence electrons. The Balaban J connectivity index is 1.66. The van der Waals surface area contributed by atoms with E-state index in [1.165, 1.54) is 11.8 Å². The second-order valence-electron chi connectivity index (χ2n) is 7.74. The number of aryl methyl sites for hydroxylation is 1. The predicted molar refractivity (Wildman–Crippen MR) is 133 cm³/mol. The molecule has 1 unspecified atom stereocenters. The topological polar surface area (TPSA) is 73.2 Å². The Morgan fingerprint density at radius 2 is 1.76 bits per heavy atom. The van der Waals surface area contributed by atoms with Gasteiger partial charge in [0.05, 0.1) is 35.5 Å². The SMILES string of the molecule is COc1ccccc1NC(=O)C(C)Sc1nc2ccccc2c(=O)n1Cc1ccc(C)cc1. The molecular weight excluding hydrogens is 434 g/mol. The minimum absolute atomic E-state index is 0.124. The fourth-order valence-corrected chi connectivity index (χ4v) is 4.35. The third kappa shape index (κ3) is 5.09. The summed E-state index contributed by atoms with van der Waals surface area (Å²) in [5, 5.41) is 3.47. The maximum Gasteiger partial charge on any atom is 0.262 e. The Kier molecular flexibility index (Phi) is 6.79. The molecule has 0 aliphatic rings. The molecule has 1 atom stereocenters. The van der Waals surface area contributed by atoms with E-state index in [-0.39, 0.29) is 11.5 Å². The van der Waals surface area contributed by atoms with Gasteiger partial charge >= 0.3 is 0 Å². The van der Waals surface area contributed by atoms with Crippen molar-refractivity contribution >= 4 is 34.3 Å². The third-order valence-corrected chi connectivity index (χ3v) is 6.39. The summed E-state index contributed by atoms with van der Waals surface area (Å²) in [4.78, 5) is 31.0. The highest BCUT2D eigenvalue weighted by Crippen LogP contribution is 2.27. The number of thioether (sulfide) groups is 1. The Hall–Kier alpha value is -3.58. The van der Waals surface area contributed by atoms with Crippen molar-refractivity contribution in [2.45, 2.75) is 30.8 Å². The first-order chi connectivity index (χ1) is 16.0. The van der Waals surface area contributed by atoms with Crippen molar-refractivity contribution in [1.82, 2.24) is 9.55 Å². The van der Waals surface area contributed by atoms with E-state index < -0.39 is 5.25 Å². The van der Waals surface area contributed by atoms with E-state index in [2.05, 4.69) is 5.32 Å². The van der Waals surface area contributed by atoms with Gasteiger partial charge in [-0.25, -0.2) is 4.98 Å². The molecule has 0 radical (unpaired) electrons. The monoisotopic (exact) mass is 459 g/mol. The number of para-hydroxylation sites is 3. The standard InChI is InChI=1S/C26H25N3O3S/c1-17-12-14-19(15-13-17)16-29-25(31)20-8-4-5-9-21(20)28-26(29)33-18(2)24(30)27-22-10-6-7-11-23(22)32-3/h4-15,18H,16H2,1-3H3,(H,27,30). The normalized spacial score (nSPS) is 11.8. The van der Waals surface area contributed by atoms with Crippen LogP contribution in [0.2, 0.25) is 0 Å². The molecule has 1 amide bonds. The highest BCUT2D eigenvalue weighted by molar-refractivity contribution is 8.00. The molecule has 0 aliphatic carbocycles. The first kappa shape index (κ1) is 22.6. The molecule has 0 fully saturated rings. The molecule has 1 N–H and O–H groups in total. The summed E-state index contributed by atoms with van der Waals surface area (Å²) in [5.41, 5.74) is 3.23. The van der Waals surface area contributed by atoms with Crippen molar-refractivity contribution in [3.8, 4) is 5.75 Å². The highest BCUT2D eigenvalue weighted by Gasteiger charge is 2.20. The lowest BCUT2D eigenvalue weighted by atomic mass is 10.1. The number of fused-ring (bicyclic) bond motifs is 1. The Labute approximate surface area is 196 Å². The van der Waals surface area contributed by atoms with Gasteiger partial charge < -0.3 is 10.1 Å². The van der Waals surface area contributed by atoms with Crippen molar-refractivity contribution in [1.29, 1.82) is 0 Å². The van der Waals surface area contributed by atoms with Crippen LogP contribution in [0.3, 0.4) is 0 Å². The van der Waals surface area contributed by atoms with E-state index >= 15 is 0 Å². The molecule has 0 aliphatic heterocycles. The van der Waals surface area contributed by atoms with E-state index in [1.807, 2.05) is 61.5 Å². The zero-order valence-corrected chi connectivity index (χ0v) is 19.6. The number of methoxy groups -OCH3 is 1. The second kappa shape index (κ2) is 9.92. The summed E-state index contributed by atoms with van der Waals surface area (Å²) >= 11 is 1.26. The van der Waals surface area contributed by atoms with Crippen LogP contribution in [0.1, 0.15) is 18.1 Å². The fourth-order valence-electron chi connectivity index (χ4n) is 3.45. The van der Waals surface area contributed by atoms with Gasteiger partial charge in [0.2, 0.25) is 5.91 Å². The van der Waals surface area contributed by atoms with E-state index in [0.29, 0.717) is 34.0 Å². The van der Waals surface area contributed by atoms with Gasteiger partial charge in [0.25, 0.3) is 5.56 Å². The van der Waals surface area contributed by atoms with Gasteiger partial charge in [0, 0.05) is 0 Å². The number of nitrogens with one attached hydrogen (secondary N) is 1. The molecule has 0 spiro atoms. The van der Waals surface area contributed by atoms with Crippen LogP contribution in [0.25, 0.3) is 10.9 Å². The average molecular weight is 460 g/mol. The maximum absolute atomic E-state index is 13.3. The van der Waals surface area contributed by atoms with Gasteiger partial charge in [0.1, 0.15) is 5.75 Å². The maximum atomic E-state index is 13.3. The van der Waals surface area contributed by atoms with Gasteiger partial charge in [-0.2, -0.15) is 0 Å². The second-order valence-corrected chi connectivity index (χ2v) is 9.05. The summed E-state index contributed by atoms with van der Waals surface area (Å²) in [7, 11) is 1.56. The van der Waals surface area contributed by atoms with Crippen molar-refractivity contribution in [3.63, 3.8) is 0 Å². The first-order valence-corrected chi connectivity index (χ1v) is 11.5. The molecule has 3 aromatic carbocycles. The molecule has 0 bridgehead atoms. The molecule has 0 saturated carbocycles. The number of rotatable bonds is 7. The number of hydrogen-bond donors (Lipinski definition) is 1.